The van der Waals surface area contributed by atoms with Gasteiger partial charge in [-0.25, -0.2) is 4.68 Å². The number of hydrogen-bond acceptors (Lipinski definition) is 5. The van der Waals surface area contributed by atoms with Crippen molar-refractivity contribution in [1.29, 1.82) is 0 Å². The van der Waals surface area contributed by atoms with Gasteiger partial charge in [0.15, 0.2) is 6.10 Å². The Hall–Kier alpha value is -2.54. The number of anilines is 1. The molecule has 2 aromatic rings. The normalized spacial score (nSPS) is 17.0. The lowest BCUT2D eigenvalue weighted by atomic mass is 9.97. The van der Waals surface area contributed by atoms with Gasteiger partial charge in [0.2, 0.25) is 0 Å². The number of nitrogens with one attached hydrogen (secondary N) is 1. The Labute approximate surface area is 162 Å². The highest BCUT2D eigenvalue weighted by molar-refractivity contribution is 6.30. The molecule has 0 radical (unpaired) electrons. The van der Waals surface area contributed by atoms with Gasteiger partial charge in [0.05, 0.1) is 12.1 Å². The Morgan fingerprint density at radius 2 is 2.11 bits per heavy atom. The molecule has 3 rings (SSSR count). The van der Waals surface area contributed by atoms with E-state index in [1.807, 2.05) is 13.8 Å². The number of nitrogens with zero attached hydrogens (tertiary/aromatic N) is 2. The van der Waals surface area contributed by atoms with Gasteiger partial charge in [0, 0.05) is 17.1 Å². The average molecular weight is 392 g/mol. The van der Waals surface area contributed by atoms with Crippen LogP contribution < -0.4 is 10.1 Å². The minimum Gasteiger partial charge on any atom is -0.492 e. The van der Waals surface area contributed by atoms with Crippen molar-refractivity contribution >= 4 is 29.3 Å². The van der Waals surface area contributed by atoms with Crippen molar-refractivity contribution in [1.82, 2.24) is 9.78 Å². The first kappa shape index (κ1) is 19.2. The van der Waals surface area contributed by atoms with Crippen molar-refractivity contribution in [3.05, 3.63) is 41.0 Å². The number of hydrogen-bond donors (Lipinski definition) is 1. The molecule has 0 saturated carbocycles. The summed E-state index contributed by atoms with van der Waals surface area (Å²) >= 11 is 6.00. The molecule has 0 unspecified atom stereocenters. The third-order valence-electron chi connectivity index (χ3n) is 4.34. The van der Waals surface area contributed by atoms with E-state index in [4.69, 9.17) is 21.1 Å². The summed E-state index contributed by atoms with van der Waals surface area (Å²) in [5, 5.41) is 7.48. The first-order chi connectivity index (χ1) is 12.8. The predicted molar refractivity (Wildman–Crippen MR) is 101 cm³/mol. The molecule has 7 nitrogen and oxygen atoms in total. The van der Waals surface area contributed by atoms with Crippen molar-refractivity contribution in [3.8, 4) is 5.75 Å². The molecule has 0 bridgehead atoms. The molecule has 1 amide bonds. The van der Waals surface area contributed by atoms with E-state index in [-0.39, 0.29) is 12.6 Å². The van der Waals surface area contributed by atoms with Crippen LogP contribution in [0.3, 0.4) is 0 Å². The molecule has 2 heterocycles. The molecule has 8 heteroatoms. The van der Waals surface area contributed by atoms with Crippen molar-refractivity contribution in [2.75, 3.05) is 11.9 Å². The molecule has 1 N–H and O–H groups in total. The van der Waals surface area contributed by atoms with E-state index in [1.165, 1.54) is 6.92 Å². The fourth-order valence-corrected chi connectivity index (χ4v) is 3.09. The highest BCUT2D eigenvalue weighted by Crippen LogP contribution is 2.30. The van der Waals surface area contributed by atoms with E-state index in [0.29, 0.717) is 17.3 Å². The van der Waals surface area contributed by atoms with E-state index < -0.39 is 23.9 Å². The highest BCUT2D eigenvalue weighted by atomic mass is 35.5. The second-order valence-corrected chi connectivity index (χ2v) is 7.22. The molecule has 2 atom stereocenters. The van der Waals surface area contributed by atoms with Gasteiger partial charge in [-0.3, -0.25) is 9.59 Å². The van der Waals surface area contributed by atoms with Gasteiger partial charge in [-0.05, 0) is 51.0 Å². The zero-order valence-electron chi connectivity index (χ0n) is 15.4. The molecule has 0 aliphatic carbocycles. The van der Waals surface area contributed by atoms with Crippen LogP contribution in [-0.2, 0) is 20.7 Å². The Morgan fingerprint density at radius 1 is 1.33 bits per heavy atom. The number of aromatic nitrogens is 2. The van der Waals surface area contributed by atoms with E-state index in [0.717, 1.165) is 11.3 Å². The maximum Gasteiger partial charge on any atom is 0.313 e. The summed E-state index contributed by atoms with van der Waals surface area (Å²) in [5.41, 5.74) is 0.855. The lowest BCUT2D eigenvalue weighted by molar-refractivity contribution is -0.158. The summed E-state index contributed by atoms with van der Waals surface area (Å²) in [4.78, 5) is 24.8. The van der Waals surface area contributed by atoms with Gasteiger partial charge < -0.3 is 14.8 Å². The molecular weight excluding hydrogens is 370 g/mol. The summed E-state index contributed by atoms with van der Waals surface area (Å²) in [6.07, 6.45) is 1.13. The molecule has 144 valence electrons. The quantitative estimate of drug-likeness (QED) is 0.791. The molecule has 0 fully saturated rings. The van der Waals surface area contributed by atoms with E-state index >= 15 is 0 Å². The maximum absolute atomic E-state index is 12.5. The minimum atomic E-state index is -0.936. The van der Waals surface area contributed by atoms with E-state index in [2.05, 4.69) is 10.4 Å². The first-order valence-corrected chi connectivity index (χ1v) is 9.19. The number of ether oxygens (including phenoxy) is 2. The second kappa shape index (κ2) is 8.00. The number of fused-ring (bicyclic) bond motifs is 1. The second-order valence-electron chi connectivity index (χ2n) is 6.79. The first-order valence-electron chi connectivity index (χ1n) is 8.81. The molecular formula is C19H22ClN3O4. The van der Waals surface area contributed by atoms with Gasteiger partial charge in [-0.2, -0.15) is 5.10 Å². The average Bonchev–Trinajstić information content (AvgIpc) is 3.09. The zero-order valence-corrected chi connectivity index (χ0v) is 16.2. The number of rotatable bonds is 5. The smallest absolute Gasteiger partial charge is 0.313 e. The summed E-state index contributed by atoms with van der Waals surface area (Å²) in [7, 11) is 0. The minimum absolute atomic E-state index is 0.0967. The van der Waals surface area contributed by atoms with Crippen molar-refractivity contribution < 1.29 is 19.1 Å². The van der Waals surface area contributed by atoms with Crippen LogP contribution in [0.5, 0.6) is 5.75 Å². The number of carbonyl (C=O) groups excluding carboxylic acids is 2. The number of halogens is 1. The maximum atomic E-state index is 12.5. The van der Waals surface area contributed by atoms with Gasteiger partial charge >= 0.3 is 5.97 Å². The van der Waals surface area contributed by atoms with E-state index in [1.54, 1.807) is 35.1 Å². The largest absolute Gasteiger partial charge is 0.492 e. The van der Waals surface area contributed by atoms with Crippen LogP contribution in [-0.4, -0.2) is 34.4 Å². The summed E-state index contributed by atoms with van der Waals surface area (Å²) < 4.78 is 12.6. The lowest BCUT2D eigenvalue weighted by Gasteiger charge is -2.25. The number of esters is 1. The van der Waals surface area contributed by atoms with Gasteiger partial charge in [-0.15, -0.1) is 0 Å². The number of benzene rings is 1. The monoisotopic (exact) mass is 391 g/mol. The van der Waals surface area contributed by atoms with Crippen LogP contribution in [0.4, 0.5) is 5.82 Å². The molecule has 1 aliphatic rings. The standard InChI is InChI=1S/C19H22ClN3O4/c1-11(2)23-17(6-7-21-23)22-18(24)12(3)27-19(25)14-8-13-9-15(20)4-5-16(13)26-10-14/h4-7,9,11-12,14H,8,10H2,1-3H3,(H,22,24)/t12-,14-/m1/s1. The zero-order chi connectivity index (χ0) is 19.6. The van der Waals surface area contributed by atoms with Gasteiger partial charge in [0.1, 0.15) is 18.2 Å². The highest BCUT2D eigenvalue weighted by Gasteiger charge is 2.30. The van der Waals surface area contributed by atoms with E-state index in [9.17, 15) is 9.59 Å². The number of carbonyl (C=O) groups is 2. The van der Waals surface area contributed by atoms with Crippen LogP contribution >= 0.6 is 11.6 Å². The third-order valence-corrected chi connectivity index (χ3v) is 4.57. The Bertz CT molecular complexity index is 849. The van der Waals surface area contributed by atoms with Crippen molar-refractivity contribution in [2.24, 2.45) is 5.92 Å². The van der Waals surface area contributed by atoms with Crippen LogP contribution in [0.2, 0.25) is 5.02 Å². The lowest BCUT2D eigenvalue weighted by Crippen LogP contribution is -2.36. The molecule has 27 heavy (non-hydrogen) atoms. The molecule has 1 aliphatic heterocycles. The van der Waals surface area contributed by atoms with Crippen LogP contribution in [0.25, 0.3) is 0 Å². The van der Waals surface area contributed by atoms with Crippen LogP contribution in [0, 0.1) is 5.92 Å². The van der Waals surface area contributed by atoms with Crippen LogP contribution in [0.1, 0.15) is 32.4 Å². The Kier molecular flexibility index (Phi) is 5.70. The molecule has 1 aromatic carbocycles. The fraction of sp³-hybridized carbons (Fsp3) is 0.421. The summed E-state index contributed by atoms with van der Waals surface area (Å²) in [6.45, 7) is 5.66. The predicted octanol–water partition coefficient (Wildman–Crippen LogP) is 3.24. The van der Waals surface area contributed by atoms with Crippen molar-refractivity contribution in [2.45, 2.75) is 39.3 Å². The number of amides is 1. The third kappa shape index (κ3) is 4.42. The molecule has 1 aromatic heterocycles. The van der Waals surface area contributed by atoms with Gasteiger partial charge in [-0.1, -0.05) is 11.6 Å². The SMILES string of the molecule is CC(C)n1nccc1NC(=O)[C@@H](C)OC(=O)[C@H]1COc2ccc(Cl)cc2C1. The summed E-state index contributed by atoms with van der Waals surface area (Å²) in [6, 6.07) is 7.10. The topological polar surface area (TPSA) is 82.5 Å². The van der Waals surface area contributed by atoms with Crippen molar-refractivity contribution in [3.63, 3.8) is 0 Å². The molecule has 0 spiro atoms. The molecule has 0 saturated heterocycles. The summed E-state index contributed by atoms with van der Waals surface area (Å²) in [5.74, 6) is -0.0855. The van der Waals surface area contributed by atoms with Gasteiger partial charge in [0.25, 0.3) is 5.91 Å². The Balaban J connectivity index is 1.59. The Morgan fingerprint density at radius 3 is 2.85 bits per heavy atom. The fourth-order valence-electron chi connectivity index (χ4n) is 2.89. The van der Waals surface area contributed by atoms with Crippen LogP contribution in [0.15, 0.2) is 30.5 Å².